The Hall–Kier alpha value is -1.82. The minimum atomic E-state index is 0.568. The highest BCUT2D eigenvalue weighted by Crippen LogP contribution is 2.26. The van der Waals surface area contributed by atoms with Gasteiger partial charge in [-0.05, 0) is 34.6 Å². The van der Waals surface area contributed by atoms with Crippen LogP contribution < -0.4 is 0 Å². The molecule has 0 aromatic heterocycles. The molecule has 0 bridgehead atoms. The van der Waals surface area contributed by atoms with E-state index in [1.807, 2.05) is 13.8 Å². The van der Waals surface area contributed by atoms with E-state index in [0.717, 1.165) is 6.42 Å². The zero-order chi connectivity index (χ0) is 15.7. The molecule has 2 rings (SSSR count). The number of hydrogen-bond acceptors (Lipinski definition) is 0. The Morgan fingerprint density at radius 2 is 1.52 bits per heavy atom. The van der Waals surface area contributed by atoms with E-state index in [9.17, 15) is 0 Å². The van der Waals surface area contributed by atoms with Crippen LogP contribution in [0.2, 0.25) is 0 Å². The summed E-state index contributed by atoms with van der Waals surface area (Å²) in [6.07, 6.45) is 3.37. The summed E-state index contributed by atoms with van der Waals surface area (Å²) in [7, 11) is 0. The van der Waals surface area contributed by atoms with Crippen molar-refractivity contribution in [2.75, 3.05) is 0 Å². The van der Waals surface area contributed by atoms with Crippen LogP contribution in [0.15, 0.2) is 60.7 Å². The maximum absolute atomic E-state index is 2.32. The molecule has 0 spiro atoms. The van der Waals surface area contributed by atoms with Gasteiger partial charge in [-0.25, -0.2) is 0 Å². The average Bonchev–Trinajstić information content (AvgIpc) is 2.55. The lowest BCUT2D eigenvalue weighted by Crippen LogP contribution is -1.92. The van der Waals surface area contributed by atoms with Gasteiger partial charge in [0.2, 0.25) is 0 Å². The van der Waals surface area contributed by atoms with E-state index in [1.54, 1.807) is 0 Å². The number of benzene rings is 2. The maximum atomic E-state index is 2.32. The minimum absolute atomic E-state index is 0.568. The summed E-state index contributed by atoms with van der Waals surface area (Å²) in [4.78, 5) is 0. The molecule has 0 radical (unpaired) electrons. The molecule has 0 aliphatic rings. The Bertz CT molecular complexity index is 547. The Balaban J connectivity index is 0.00000106. The van der Waals surface area contributed by atoms with Gasteiger partial charge < -0.3 is 0 Å². The van der Waals surface area contributed by atoms with Crippen molar-refractivity contribution < 1.29 is 0 Å². The second-order valence-electron chi connectivity index (χ2n) is 5.17. The Morgan fingerprint density at radius 1 is 0.905 bits per heavy atom. The van der Waals surface area contributed by atoms with Crippen LogP contribution in [0, 0.1) is 0 Å². The van der Waals surface area contributed by atoms with E-state index in [-0.39, 0.29) is 0 Å². The first-order valence-corrected chi connectivity index (χ1v) is 8.08. The zero-order valence-corrected chi connectivity index (χ0v) is 14.1. The van der Waals surface area contributed by atoms with Gasteiger partial charge in [-0.3, -0.25) is 0 Å². The summed E-state index contributed by atoms with van der Waals surface area (Å²) in [6, 6.07) is 19.5. The summed E-state index contributed by atoms with van der Waals surface area (Å²) in [5.74, 6) is 0.568. The Morgan fingerprint density at radius 3 is 2.10 bits per heavy atom. The molecule has 0 unspecified atom stereocenters. The highest BCUT2D eigenvalue weighted by atomic mass is 14.1. The molecule has 0 atom stereocenters. The fourth-order valence-corrected chi connectivity index (χ4v) is 2.29. The van der Waals surface area contributed by atoms with Crippen LogP contribution in [-0.4, -0.2) is 0 Å². The number of allylic oxidation sites excluding steroid dienone is 1. The largest absolute Gasteiger partial charge is 0.0763 e. The molecular weight excluding hydrogens is 252 g/mol. The van der Waals surface area contributed by atoms with E-state index >= 15 is 0 Å². The Kier molecular flexibility index (Phi) is 7.53. The van der Waals surface area contributed by atoms with Crippen LogP contribution in [0.3, 0.4) is 0 Å². The highest BCUT2D eigenvalue weighted by molar-refractivity contribution is 5.80. The summed E-state index contributed by atoms with van der Waals surface area (Å²) >= 11 is 0. The van der Waals surface area contributed by atoms with Crippen molar-refractivity contribution >= 4 is 5.57 Å². The van der Waals surface area contributed by atoms with Crippen molar-refractivity contribution in [1.29, 1.82) is 0 Å². The molecule has 0 saturated carbocycles. The van der Waals surface area contributed by atoms with Crippen molar-refractivity contribution in [3.8, 4) is 0 Å². The summed E-state index contributed by atoms with van der Waals surface area (Å²) in [6.45, 7) is 10.7. The fraction of sp³-hybridized carbons (Fsp3) is 0.333. The zero-order valence-electron chi connectivity index (χ0n) is 14.1. The molecule has 0 fully saturated rings. The molecule has 0 heteroatoms. The lowest BCUT2D eigenvalue weighted by Gasteiger charge is -2.12. The first kappa shape index (κ1) is 17.2. The van der Waals surface area contributed by atoms with Crippen molar-refractivity contribution in [2.45, 2.75) is 47.0 Å². The second-order valence-corrected chi connectivity index (χ2v) is 5.17. The quantitative estimate of drug-likeness (QED) is 0.586. The molecule has 0 amide bonds. The van der Waals surface area contributed by atoms with Gasteiger partial charge in [0.15, 0.2) is 0 Å². The molecule has 2 aromatic rings. The van der Waals surface area contributed by atoms with Crippen LogP contribution in [0.5, 0.6) is 0 Å². The second kappa shape index (κ2) is 9.18. The standard InChI is InChI=1S/C19H22.C2H6/c1-4-9-19(16-10-6-5-7-11-16)18-13-8-12-17(14-18)15(2)3;1-2/h5-15H,4H2,1-3H3;1-2H3/b19-9+;. The van der Waals surface area contributed by atoms with Crippen LogP contribution in [-0.2, 0) is 0 Å². The lowest BCUT2D eigenvalue weighted by molar-refractivity contribution is 0.866. The fourth-order valence-electron chi connectivity index (χ4n) is 2.29. The van der Waals surface area contributed by atoms with Gasteiger partial charge in [0.25, 0.3) is 0 Å². The van der Waals surface area contributed by atoms with Crippen LogP contribution >= 0.6 is 0 Å². The van der Waals surface area contributed by atoms with Gasteiger partial charge in [-0.15, -0.1) is 0 Å². The molecule has 0 saturated heterocycles. The molecule has 21 heavy (non-hydrogen) atoms. The van der Waals surface area contributed by atoms with E-state index in [2.05, 4.69) is 81.4 Å². The number of rotatable bonds is 4. The molecule has 0 aliphatic carbocycles. The molecule has 0 aliphatic heterocycles. The SMILES string of the molecule is CC.CC/C=C(\c1ccccc1)c1cccc(C(C)C)c1. The topological polar surface area (TPSA) is 0 Å². The van der Waals surface area contributed by atoms with E-state index in [4.69, 9.17) is 0 Å². The van der Waals surface area contributed by atoms with Crippen LogP contribution in [0.4, 0.5) is 0 Å². The van der Waals surface area contributed by atoms with Crippen molar-refractivity contribution in [2.24, 2.45) is 0 Å². The third-order valence-electron chi connectivity index (χ3n) is 3.36. The van der Waals surface area contributed by atoms with Gasteiger partial charge in [-0.1, -0.05) is 95.3 Å². The van der Waals surface area contributed by atoms with Gasteiger partial charge in [0.1, 0.15) is 0 Å². The highest BCUT2D eigenvalue weighted by Gasteiger charge is 2.06. The Labute approximate surface area is 130 Å². The van der Waals surface area contributed by atoms with Gasteiger partial charge in [0.05, 0.1) is 0 Å². The average molecular weight is 280 g/mol. The molecule has 112 valence electrons. The predicted octanol–water partition coefficient (Wildman–Crippen LogP) is 6.68. The molecule has 2 aromatic carbocycles. The molecule has 0 N–H and O–H groups in total. The third kappa shape index (κ3) is 4.90. The number of hydrogen-bond donors (Lipinski definition) is 0. The first-order valence-electron chi connectivity index (χ1n) is 8.08. The summed E-state index contributed by atoms with van der Waals surface area (Å²) in [5.41, 5.74) is 5.35. The van der Waals surface area contributed by atoms with Crippen LogP contribution in [0.25, 0.3) is 5.57 Å². The van der Waals surface area contributed by atoms with Crippen LogP contribution in [0.1, 0.15) is 63.6 Å². The monoisotopic (exact) mass is 280 g/mol. The first-order chi connectivity index (χ1) is 10.2. The van der Waals surface area contributed by atoms with Crippen molar-refractivity contribution in [3.05, 3.63) is 77.4 Å². The summed E-state index contributed by atoms with van der Waals surface area (Å²) in [5, 5.41) is 0. The van der Waals surface area contributed by atoms with Gasteiger partial charge in [-0.2, -0.15) is 0 Å². The summed E-state index contributed by atoms with van der Waals surface area (Å²) < 4.78 is 0. The van der Waals surface area contributed by atoms with Crippen molar-refractivity contribution in [3.63, 3.8) is 0 Å². The maximum Gasteiger partial charge on any atom is -0.0151 e. The predicted molar refractivity (Wildman–Crippen MR) is 95.7 cm³/mol. The van der Waals surface area contributed by atoms with Gasteiger partial charge in [0, 0.05) is 0 Å². The van der Waals surface area contributed by atoms with E-state index in [0.29, 0.717) is 5.92 Å². The normalized spacial score (nSPS) is 11.0. The lowest BCUT2D eigenvalue weighted by atomic mass is 9.93. The van der Waals surface area contributed by atoms with E-state index < -0.39 is 0 Å². The van der Waals surface area contributed by atoms with Gasteiger partial charge >= 0.3 is 0 Å². The minimum Gasteiger partial charge on any atom is -0.0763 e. The van der Waals surface area contributed by atoms with E-state index in [1.165, 1.54) is 22.3 Å². The third-order valence-corrected chi connectivity index (χ3v) is 3.36. The molecular formula is C21H28. The smallest absolute Gasteiger partial charge is 0.0151 e. The molecule has 0 nitrogen and oxygen atoms in total. The molecule has 0 heterocycles. The van der Waals surface area contributed by atoms with Crippen molar-refractivity contribution in [1.82, 2.24) is 0 Å².